The van der Waals surface area contributed by atoms with Crippen LogP contribution in [0.3, 0.4) is 0 Å². The fourth-order valence-electron chi connectivity index (χ4n) is 4.68. The molecule has 4 heterocycles. The zero-order valence-electron chi connectivity index (χ0n) is 25.3. The van der Waals surface area contributed by atoms with Crippen LogP contribution in [0.1, 0.15) is 49.6 Å². The molecule has 14 nitrogen and oxygen atoms in total. The molecule has 0 unspecified atom stereocenters. The van der Waals surface area contributed by atoms with Gasteiger partial charge in [-0.1, -0.05) is 6.07 Å². The molecule has 1 aromatic carbocycles. The number of aryl methyl sites for hydroxylation is 4. The van der Waals surface area contributed by atoms with E-state index in [-0.39, 0.29) is 22.5 Å². The molecule has 0 fully saturated rings. The highest BCUT2D eigenvalue weighted by molar-refractivity contribution is 6.14. The van der Waals surface area contributed by atoms with Crippen molar-refractivity contribution in [2.45, 2.75) is 20.8 Å². The van der Waals surface area contributed by atoms with Gasteiger partial charge in [-0.05, 0) is 57.2 Å². The van der Waals surface area contributed by atoms with Crippen LogP contribution in [0.4, 0.5) is 22.9 Å². The third kappa shape index (κ3) is 6.64. The van der Waals surface area contributed by atoms with Crippen molar-refractivity contribution in [2.24, 2.45) is 14.1 Å². The van der Waals surface area contributed by atoms with Crippen LogP contribution in [0.2, 0.25) is 0 Å². The number of anilines is 4. The third-order valence-corrected chi connectivity index (χ3v) is 6.70. The van der Waals surface area contributed by atoms with Crippen molar-refractivity contribution in [3.63, 3.8) is 0 Å². The Bertz CT molecular complexity index is 1970. The summed E-state index contributed by atoms with van der Waals surface area (Å²) in [6.45, 7) is 5.59. The molecule has 45 heavy (non-hydrogen) atoms. The molecule has 0 saturated heterocycles. The Morgan fingerprint density at radius 2 is 1.69 bits per heavy atom. The monoisotopic (exact) mass is 609 g/mol. The number of rotatable bonds is 9. The molecule has 14 heteroatoms. The highest BCUT2D eigenvalue weighted by Crippen LogP contribution is 2.25. The first-order chi connectivity index (χ1) is 21.5. The minimum absolute atomic E-state index is 0.00471. The van der Waals surface area contributed by atoms with Gasteiger partial charge >= 0.3 is 0 Å². The average Bonchev–Trinajstić information content (AvgIpc) is 3.53. The summed E-state index contributed by atoms with van der Waals surface area (Å²) in [5.74, 6) is -0.638. The van der Waals surface area contributed by atoms with Crippen molar-refractivity contribution in [3.8, 4) is 11.3 Å². The van der Waals surface area contributed by atoms with Gasteiger partial charge in [-0.25, -0.2) is 4.98 Å². The SMILES string of the molecule is CCNc1c(C(=O)Nc2ccc(-c3c(C)on(C)c3=O)nc2)cc(C)nc1C(=O)Nc1cccc(C(=O)Nc2ccn(C)n2)c1. The van der Waals surface area contributed by atoms with Gasteiger partial charge in [0.05, 0.1) is 28.8 Å². The van der Waals surface area contributed by atoms with Crippen molar-refractivity contribution < 1.29 is 18.9 Å². The molecular formula is C31H31N9O5. The van der Waals surface area contributed by atoms with Gasteiger partial charge in [-0.2, -0.15) is 9.84 Å². The maximum absolute atomic E-state index is 13.5. The Balaban J connectivity index is 1.36. The molecule has 0 aliphatic heterocycles. The lowest BCUT2D eigenvalue weighted by Crippen LogP contribution is -2.22. The van der Waals surface area contributed by atoms with E-state index in [9.17, 15) is 19.2 Å². The third-order valence-electron chi connectivity index (χ3n) is 6.70. The number of carbonyl (C=O) groups excluding carboxylic acids is 3. The van der Waals surface area contributed by atoms with E-state index >= 15 is 0 Å². The van der Waals surface area contributed by atoms with Gasteiger partial charge < -0.3 is 25.8 Å². The summed E-state index contributed by atoms with van der Waals surface area (Å²) >= 11 is 0. The first-order valence-electron chi connectivity index (χ1n) is 14.0. The zero-order chi connectivity index (χ0) is 32.2. The summed E-state index contributed by atoms with van der Waals surface area (Å²) in [4.78, 5) is 60.8. The minimum atomic E-state index is -0.575. The minimum Gasteiger partial charge on any atom is -0.383 e. The van der Waals surface area contributed by atoms with E-state index in [0.29, 0.717) is 52.0 Å². The van der Waals surface area contributed by atoms with Crippen molar-refractivity contribution in [2.75, 3.05) is 27.8 Å². The zero-order valence-corrected chi connectivity index (χ0v) is 25.3. The van der Waals surface area contributed by atoms with Crippen LogP contribution in [-0.4, -0.2) is 48.8 Å². The second-order valence-corrected chi connectivity index (χ2v) is 10.1. The Morgan fingerprint density at radius 3 is 2.33 bits per heavy atom. The lowest BCUT2D eigenvalue weighted by atomic mass is 10.1. The van der Waals surface area contributed by atoms with Crippen LogP contribution in [0.25, 0.3) is 11.3 Å². The lowest BCUT2D eigenvalue weighted by molar-refractivity contribution is 0.101. The molecule has 0 bridgehead atoms. The number of nitrogens with one attached hydrogen (secondary N) is 4. The van der Waals surface area contributed by atoms with Gasteiger partial charge in [0.25, 0.3) is 23.3 Å². The van der Waals surface area contributed by atoms with Crippen molar-refractivity contribution >= 4 is 40.6 Å². The van der Waals surface area contributed by atoms with E-state index < -0.39 is 17.7 Å². The van der Waals surface area contributed by atoms with E-state index in [0.717, 1.165) is 4.74 Å². The number of carbonyl (C=O) groups is 3. The normalized spacial score (nSPS) is 10.8. The number of hydrogen-bond donors (Lipinski definition) is 4. The Kier molecular flexibility index (Phi) is 8.56. The highest BCUT2D eigenvalue weighted by atomic mass is 16.5. The number of benzene rings is 1. The van der Waals surface area contributed by atoms with Crippen LogP contribution in [-0.2, 0) is 14.1 Å². The van der Waals surface area contributed by atoms with Gasteiger partial charge in [0.15, 0.2) is 11.5 Å². The first-order valence-corrected chi connectivity index (χ1v) is 14.0. The van der Waals surface area contributed by atoms with Crippen LogP contribution < -0.4 is 26.8 Å². The fourth-order valence-corrected chi connectivity index (χ4v) is 4.68. The quantitative estimate of drug-likeness (QED) is 0.192. The van der Waals surface area contributed by atoms with E-state index in [1.165, 1.54) is 19.3 Å². The molecule has 4 N–H and O–H groups in total. The maximum Gasteiger partial charge on any atom is 0.291 e. The second kappa shape index (κ2) is 12.7. The smallest absolute Gasteiger partial charge is 0.291 e. The van der Waals surface area contributed by atoms with Gasteiger partial charge in [0.1, 0.15) is 11.3 Å². The molecule has 5 aromatic rings. The molecule has 0 radical (unpaired) electrons. The predicted molar refractivity (Wildman–Crippen MR) is 169 cm³/mol. The topological polar surface area (TPSA) is 178 Å². The molecule has 0 aliphatic carbocycles. The predicted octanol–water partition coefficient (Wildman–Crippen LogP) is 3.97. The average molecular weight is 610 g/mol. The Morgan fingerprint density at radius 1 is 0.911 bits per heavy atom. The molecule has 5 rings (SSSR count). The fraction of sp³-hybridized carbons (Fsp3) is 0.194. The Labute approximate surface area is 257 Å². The summed E-state index contributed by atoms with van der Waals surface area (Å²) < 4.78 is 8.03. The van der Waals surface area contributed by atoms with Crippen LogP contribution >= 0.6 is 0 Å². The molecule has 0 atom stereocenters. The van der Waals surface area contributed by atoms with E-state index in [1.54, 1.807) is 74.2 Å². The van der Waals surface area contributed by atoms with Crippen LogP contribution in [0, 0.1) is 13.8 Å². The largest absolute Gasteiger partial charge is 0.383 e. The van der Waals surface area contributed by atoms with Gasteiger partial charge in [0.2, 0.25) is 0 Å². The molecule has 0 aliphatic rings. The maximum atomic E-state index is 13.5. The summed E-state index contributed by atoms with van der Waals surface area (Å²) in [5, 5.41) is 15.5. The van der Waals surface area contributed by atoms with Crippen LogP contribution in [0.5, 0.6) is 0 Å². The summed E-state index contributed by atoms with van der Waals surface area (Å²) in [6.07, 6.45) is 3.14. The number of hydrogen-bond acceptors (Lipinski definition) is 9. The highest BCUT2D eigenvalue weighted by Gasteiger charge is 2.23. The van der Waals surface area contributed by atoms with Gasteiger partial charge in [-0.3, -0.25) is 28.8 Å². The van der Waals surface area contributed by atoms with Crippen LogP contribution in [0.15, 0.2) is 70.2 Å². The van der Waals surface area contributed by atoms with E-state index in [2.05, 4.69) is 36.3 Å². The van der Waals surface area contributed by atoms with Gasteiger partial charge in [0, 0.05) is 49.8 Å². The first kappa shape index (κ1) is 30.4. The van der Waals surface area contributed by atoms with Gasteiger partial charge in [-0.15, -0.1) is 0 Å². The molecule has 0 saturated carbocycles. The number of nitrogens with zero attached hydrogens (tertiary/aromatic N) is 5. The Hall–Kier alpha value is -6.05. The van der Waals surface area contributed by atoms with E-state index in [1.807, 2.05) is 6.92 Å². The summed E-state index contributed by atoms with van der Waals surface area (Å²) in [7, 11) is 3.26. The molecule has 0 spiro atoms. The lowest BCUT2D eigenvalue weighted by Gasteiger charge is -2.16. The molecule has 4 aromatic heterocycles. The number of aromatic nitrogens is 5. The van der Waals surface area contributed by atoms with E-state index in [4.69, 9.17) is 4.52 Å². The number of amides is 3. The molecule has 230 valence electrons. The van der Waals surface area contributed by atoms with Crippen molar-refractivity contribution in [3.05, 3.63) is 99.6 Å². The second-order valence-electron chi connectivity index (χ2n) is 10.1. The number of pyridine rings is 2. The van der Waals surface area contributed by atoms with Crippen molar-refractivity contribution in [1.82, 2.24) is 24.5 Å². The van der Waals surface area contributed by atoms with Crippen molar-refractivity contribution in [1.29, 1.82) is 0 Å². The molecular weight excluding hydrogens is 578 g/mol. The standard InChI is InChI=1S/C31H31N9O5/c1-6-32-26-22(29(42)36-21-10-11-23(33-16-21)25-18(3)45-40(5)31(25)44)14-17(2)34-27(26)30(43)35-20-9-7-8-19(15-20)28(41)37-24-12-13-39(4)38-24/h7-16,32H,6H2,1-5H3,(H,35,43)(H,36,42)(H,37,38,41). The summed E-state index contributed by atoms with van der Waals surface area (Å²) in [6, 6.07) is 12.9. The summed E-state index contributed by atoms with van der Waals surface area (Å²) in [5.41, 5.74) is 2.36. The molecule has 3 amide bonds.